The van der Waals surface area contributed by atoms with Crippen LogP contribution in [0.5, 0.6) is 0 Å². The number of hydrogen-bond donors (Lipinski definition) is 3. The smallest absolute Gasteiger partial charge is 0.272 e. The van der Waals surface area contributed by atoms with Crippen molar-refractivity contribution < 1.29 is 13.6 Å². The quantitative estimate of drug-likeness (QED) is 0.203. The summed E-state index contributed by atoms with van der Waals surface area (Å²) in [6.45, 7) is 6.30. The van der Waals surface area contributed by atoms with Gasteiger partial charge in [-0.25, -0.2) is 18.7 Å². The average molecular weight is 521 g/mol. The summed E-state index contributed by atoms with van der Waals surface area (Å²) in [4.78, 5) is 27.5. The molecule has 3 aromatic carbocycles. The van der Waals surface area contributed by atoms with E-state index >= 15 is 0 Å². The van der Waals surface area contributed by atoms with Crippen molar-refractivity contribution in [1.82, 2.24) is 15.0 Å². The topological polar surface area (TPSA) is 85.9 Å². The number of H-pyrrole nitrogens is 1. The Balaban J connectivity index is 1.52. The number of alkyl halides is 2. The molecule has 5 rings (SSSR count). The number of benzene rings is 3. The third-order valence-electron chi connectivity index (χ3n) is 6.19. The van der Waals surface area contributed by atoms with Gasteiger partial charge in [0.05, 0.1) is 43.7 Å². The van der Waals surface area contributed by atoms with Crippen LogP contribution in [-0.4, -0.2) is 33.9 Å². The number of nitrogens with one attached hydrogen (secondary N) is 3. The van der Waals surface area contributed by atoms with E-state index in [1.54, 1.807) is 29.8 Å². The molecular formula is C27H26F2N6OS. The maximum atomic E-state index is 14.1. The molecule has 0 saturated heterocycles. The first-order valence-electron chi connectivity index (χ1n) is 11.9. The molecule has 0 radical (unpaired) electrons. The van der Waals surface area contributed by atoms with Crippen LogP contribution in [0.4, 0.5) is 31.8 Å². The van der Waals surface area contributed by atoms with Crippen molar-refractivity contribution in [3.05, 3.63) is 71.2 Å². The Hall–Kier alpha value is -4.05. The predicted molar refractivity (Wildman–Crippen MR) is 147 cm³/mol. The minimum atomic E-state index is -3.01. The maximum absolute atomic E-state index is 14.1. The normalized spacial score (nSPS) is 11.7. The Labute approximate surface area is 216 Å². The molecule has 5 aromatic rings. The summed E-state index contributed by atoms with van der Waals surface area (Å²) in [7, 11) is 0. The Morgan fingerprint density at radius 1 is 1.08 bits per heavy atom. The molecule has 2 heterocycles. The lowest BCUT2D eigenvalue weighted by Crippen LogP contribution is -2.25. The van der Waals surface area contributed by atoms with Gasteiger partial charge in [-0.3, -0.25) is 4.79 Å². The molecule has 7 nitrogen and oxygen atoms in total. The van der Waals surface area contributed by atoms with E-state index in [2.05, 4.69) is 30.5 Å². The molecule has 1 amide bonds. The van der Waals surface area contributed by atoms with E-state index in [0.29, 0.717) is 41.3 Å². The standard InChI is InChI=1S/C27H26F2N6OS/c1-4-35(5-2)23-14-22-21(33-26(34-22)32-19-9-7-6-8-18(19)27(3,28)29)13-17(23)25(36)31-16-10-11-20-24(12-16)37-15-30-20/h6-15H,4-5H2,1-3H3,(H,31,36)(H2,32,33,34). The Morgan fingerprint density at radius 2 is 1.86 bits per heavy atom. The highest BCUT2D eigenvalue weighted by molar-refractivity contribution is 7.16. The van der Waals surface area contributed by atoms with E-state index < -0.39 is 5.92 Å². The number of fused-ring (bicyclic) bond motifs is 2. The summed E-state index contributed by atoms with van der Waals surface area (Å²) >= 11 is 1.51. The fraction of sp³-hybridized carbons (Fsp3) is 0.222. The van der Waals surface area contributed by atoms with Crippen LogP contribution >= 0.6 is 11.3 Å². The van der Waals surface area contributed by atoms with Gasteiger partial charge >= 0.3 is 0 Å². The molecule has 0 bridgehead atoms. The van der Waals surface area contributed by atoms with Crippen molar-refractivity contribution in [3.63, 3.8) is 0 Å². The summed E-state index contributed by atoms with van der Waals surface area (Å²) in [5.41, 5.74) is 5.92. The number of thiazole rings is 1. The summed E-state index contributed by atoms with van der Waals surface area (Å²) in [5.74, 6) is -2.96. The van der Waals surface area contributed by atoms with Gasteiger partial charge < -0.3 is 20.5 Å². The largest absolute Gasteiger partial charge is 0.371 e. The van der Waals surface area contributed by atoms with Gasteiger partial charge in [-0.2, -0.15) is 0 Å². The zero-order valence-corrected chi connectivity index (χ0v) is 21.4. The van der Waals surface area contributed by atoms with Crippen molar-refractivity contribution in [1.29, 1.82) is 0 Å². The van der Waals surface area contributed by atoms with Crippen LogP contribution in [-0.2, 0) is 5.92 Å². The monoisotopic (exact) mass is 520 g/mol. The van der Waals surface area contributed by atoms with E-state index in [-0.39, 0.29) is 17.2 Å². The van der Waals surface area contributed by atoms with E-state index in [0.717, 1.165) is 22.8 Å². The van der Waals surface area contributed by atoms with Crippen LogP contribution in [0.25, 0.3) is 21.3 Å². The zero-order chi connectivity index (χ0) is 26.2. The van der Waals surface area contributed by atoms with Gasteiger partial charge in [-0.1, -0.05) is 18.2 Å². The number of carbonyl (C=O) groups is 1. The summed E-state index contributed by atoms with van der Waals surface area (Å²) in [5, 5.41) is 5.98. The molecule has 0 aliphatic rings. The Bertz CT molecular complexity index is 1590. The van der Waals surface area contributed by atoms with Crippen LogP contribution in [0.3, 0.4) is 0 Å². The minimum absolute atomic E-state index is 0.128. The Kier molecular flexibility index (Phi) is 6.51. The molecule has 0 aliphatic heterocycles. The summed E-state index contributed by atoms with van der Waals surface area (Å²) < 4.78 is 29.2. The van der Waals surface area contributed by atoms with Gasteiger partial charge in [0.2, 0.25) is 5.95 Å². The zero-order valence-electron chi connectivity index (χ0n) is 20.6. The first-order valence-corrected chi connectivity index (χ1v) is 12.8. The third-order valence-corrected chi connectivity index (χ3v) is 6.98. The number of amides is 1. The number of anilines is 4. The van der Waals surface area contributed by atoms with Crippen LogP contribution in [0, 0.1) is 0 Å². The molecule has 2 aromatic heterocycles. The molecule has 0 atom stereocenters. The minimum Gasteiger partial charge on any atom is -0.371 e. The highest BCUT2D eigenvalue weighted by Crippen LogP contribution is 2.35. The van der Waals surface area contributed by atoms with Gasteiger partial charge in [0.1, 0.15) is 0 Å². The summed E-state index contributed by atoms with van der Waals surface area (Å²) in [6.07, 6.45) is 0. The molecule has 10 heteroatoms. The SMILES string of the molecule is CCN(CC)c1cc2nc(Nc3ccccc3C(C)(F)F)[nH]c2cc1C(=O)Nc1ccc2ncsc2c1. The number of imidazole rings is 1. The maximum Gasteiger partial charge on any atom is 0.272 e. The van der Waals surface area contributed by atoms with Gasteiger partial charge in [-0.15, -0.1) is 11.3 Å². The van der Waals surface area contributed by atoms with Crippen molar-refractivity contribution in [2.24, 2.45) is 0 Å². The molecule has 37 heavy (non-hydrogen) atoms. The van der Waals surface area contributed by atoms with Gasteiger partial charge in [0, 0.05) is 31.3 Å². The number of carbonyl (C=O) groups excluding carboxylic acids is 1. The second-order valence-corrected chi connectivity index (χ2v) is 9.58. The van der Waals surface area contributed by atoms with Crippen LogP contribution in [0.15, 0.2) is 60.1 Å². The van der Waals surface area contributed by atoms with E-state index in [9.17, 15) is 13.6 Å². The molecule has 0 fully saturated rings. The lowest BCUT2D eigenvalue weighted by Gasteiger charge is -2.23. The first kappa shape index (κ1) is 24.6. The van der Waals surface area contributed by atoms with Gasteiger partial charge in [0.25, 0.3) is 11.8 Å². The van der Waals surface area contributed by atoms with Crippen molar-refractivity contribution in [2.45, 2.75) is 26.7 Å². The van der Waals surface area contributed by atoms with Crippen molar-refractivity contribution in [3.8, 4) is 0 Å². The number of para-hydroxylation sites is 1. The van der Waals surface area contributed by atoms with E-state index in [4.69, 9.17) is 0 Å². The van der Waals surface area contributed by atoms with Crippen LogP contribution in [0.2, 0.25) is 0 Å². The van der Waals surface area contributed by atoms with Gasteiger partial charge in [-0.05, 0) is 50.2 Å². The molecule has 0 aliphatic carbocycles. The fourth-order valence-electron chi connectivity index (χ4n) is 4.35. The van der Waals surface area contributed by atoms with E-state index in [1.807, 2.05) is 38.1 Å². The Morgan fingerprint density at radius 3 is 2.62 bits per heavy atom. The molecule has 0 unspecified atom stereocenters. The van der Waals surface area contributed by atoms with Crippen LogP contribution in [0.1, 0.15) is 36.7 Å². The fourth-order valence-corrected chi connectivity index (χ4v) is 5.06. The number of aromatic nitrogens is 3. The predicted octanol–water partition coefficient (Wildman–Crippen LogP) is 7.13. The second-order valence-electron chi connectivity index (χ2n) is 8.69. The molecule has 190 valence electrons. The van der Waals surface area contributed by atoms with E-state index in [1.165, 1.54) is 17.4 Å². The highest BCUT2D eigenvalue weighted by Gasteiger charge is 2.27. The van der Waals surface area contributed by atoms with Gasteiger partial charge in [0.15, 0.2) is 0 Å². The van der Waals surface area contributed by atoms with Crippen molar-refractivity contribution >= 4 is 61.5 Å². The molecule has 0 spiro atoms. The highest BCUT2D eigenvalue weighted by atomic mass is 32.1. The average Bonchev–Trinajstić information content (AvgIpc) is 3.49. The number of halogens is 2. The van der Waals surface area contributed by atoms with Crippen molar-refractivity contribution in [2.75, 3.05) is 28.6 Å². The number of aromatic amines is 1. The first-order chi connectivity index (χ1) is 17.8. The number of rotatable bonds is 8. The number of hydrogen-bond acceptors (Lipinski definition) is 6. The molecule has 0 saturated carbocycles. The second kappa shape index (κ2) is 9.78. The number of nitrogens with zero attached hydrogens (tertiary/aromatic N) is 3. The third kappa shape index (κ3) is 4.97. The lowest BCUT2D eigenvalue weighted by atomic mass is 10.1. The summed E-state index contributed by atoms with van der Waals surface area (Å²) in [6, 6.07) is 15.4. The van der Waals surface area contributed by atoms with Crippen LogP contribution < -0.4 is 15.5 Å². The molecular weight excluding hydrogens is 494 g/mol. The lowest BCUT2D eigenvalue weighted by molar-refractivity contribution is 0.0182. The molecule has 3 N–H and O–H groups in total.